The van der Waals surface area contributed by atoms with Gasteiger partial charge in [-0.05, 0) is 35.5 Å². The summed E-state index contributed by atoms with van der Waals surface area (Å²) in [5, 5.41) is 19.5. The van der Waals surface area contributed by atoms with Crippen LogP contribution in [-0.4, -0.2) is 52.3 Å². The minimum absolute atomic E-state index is 0.0558. The Kier molecular flexibility index (Phi) is 11.5. The fraction of sp³-hybridized carbons (Fsp3) is 0.333. The van der Waals surface area contributed by atoms with Crippen LogP contribution in [0, 0.1) is 5.92 Å². The van der Waals surface area contributed by atoms with E-state index in [1.165, 1.54) is 0 Å². The van der Waals surface area contributed by atoms with Crippen molar-refractivity contribution >= 4 is 0 Å². The molecule has 0 atom stereocenters. The van der Waals surface area contributed by atoms with E-state index in [2.05, 4.69) is 26.3 Å². The lowest BCUT2D eigenvalue weighted by Gasteiger charge is -2.35. The van der Waals surface area contributed by atoms with Crippen LogP contribution in [0.15, 0.2) is 96.5 Å². The standard InChI is InChI=1S/C24H21F15N2O2/c1-5-11(9-13(15(40)7-3)18(42,21(28,29)30)22(31,32)33)17(20(25,26)27)12(6-2)10-14(16(41)8-4)19(43,23(34,35)36)24(37,38)39/h5-10,17,42-43H,1-4,40-41H2/b11-9+,12-10+,15-13-,16-14-. The molecule has 0 fully saturated rings. The number of nitrogens with two attached hydrogens (primary N) is 2. The molecule has 0 bridgehead atoms. The molecular formula is C24H21F15N2O2. The summed E-state index contributed by atoms with van der Waals surface area (Å²) in [6.07, 6.45) is -34.2. The first-order chi connectivity index (χ1) is 18.9. The van der Waals surface area contributed by atoms with E-state index in [0.717, 1.165) is 0 Å². The van der Waals surface area contributed by atoms with Crippen LogP contribution in [0.25, 0.3) is 0 Å². The maximum Gasteiger partial charge on any atom is 0.430 e. The van der Waals surface area contributed by atoms with Crippen molar-refractivity contribution in [3.63, 3.8) is 0 Å². The van der Waals surface area contributed by atoms with Crippen molar-refractivity contribution in [2.75, 3.05) is 0 Å². The number of allylic oxidation sites excluding steroid dienone is 6. The van der Waals surface area contributed by atoms with Crippen LogP contribution in [-0.2, 0) is 0 Å². The second-order valence-corrected chi connectivity index (χ2v) is 8.23. The number of rotatable bonds is 10. The third-order valence-corrected chi connectivity index (χ3v) is 5.57. The summed E-state index contributed by atoms with van der Waals surface area (Å²) in [7, 11) is 0. The smallest absolute Gasteiger partial charge is 0.398 e. The van der Waals surface area contributed by atoms with Crippen LogP contribution >= 0.6 is 0 Å². The fourth-order valence-electron chi connectivity index (χ4n) is 3.37. The minimum Gasteiger partial charge on any atom is -0.398 e. The van der Waals surface area contributed by atoms with Crippen molar-refractivity contribution in [2.24, 2.45) is 17.4 Å². The number of aliphatic hydroxyl groups is 2. The molecule has 0 heterocycles. The first kappa shape index (κ1) is 39.4. The molecule has 0 aromatic carbocycles. The zero-order chi connectivity index (χ0) is 34.8. The molecule has 0 spiro atoms. The van der Waals surface area contributed by atoms with Crippen molar-refractivity contribution in [3.8, 4) is 0 Å². The topological polar surface area (TPSA) is 92.5 Å². The maximum atomic E-state index is 14.3. The van der Waals surface area contributed by atoms with Crippen LogP contribution in [0.2, 0.25) is 0 Å². The molecule has 0 aliphatic rings. The third-order valence-electron chi connectivity index (χ3n) is 5.57. The normalized spacial score (nSPS) is 17.0. The van der Waals surface area contributed by atoms with Crippen molar-refractivity contribution < 1.29 is 76.1 Å². The van der Waals surface area contributed by atoms with E-state index in [1.54, 1.807) is 0 Å². The van der Waals surface area contributed by atoms with Gasteiger partial charge in [0.15, 0.2) is 0 Å². The van der Waals surface area contributed by atoms with Crippen LogP contribution in [0.3, 0.4) is 0 Å². The highest BCUT2D eigenvalue weighted by Crippen LogP contribution is 2.52. The van der Waals surface area contributed by atoms with Crippen LogP contribution in [0.5, 0.6) is 0 Å². The van der Waals surface area contributed by atoms with Crippen LogP contribution in [0.4, 0.5) is 65.9 Å². The maximum absolute atomic E-state index is 14.3. The van der Waals surface area contributed by atoms with Crippen molar-refractivity contribution in [1.82, 2.24) is 0 Å². The minimum atomic E-state index is -6.73. The Balaban J connectivity index is 8.31. The summed E-state index contributed by atoms with van der Waals surface area (Å²) in [4.78, 5) is 0. The Morgan fingerprint density at radius 2 is 0.721 bits per heavy atom. The van der Waals surface area contributed by atoms with Gasteiger partial charge in [-0.25, -0.2) is 0 Å². The van der Waals surface area contributed by atoms with Crippen molar-refractivity contribution in [2.45, 2.75) is 42.1 Å². The quantitative estimate of drug-likeness (QED) is 0.153. The Morgan fingerprint density at radius 3 is 0.860 bits per heavy atom. The molecule has 0 aromatic heterocycles. The molecule has 0 amide bonds. The summed E-state index contributed by atoms with van der Waals surface area (Å²) in [6.45, 7) is 11.1. The largest absolute Gasteiger partial charge is 0.430 e. The van der Waals surface area contributed by atoms with E-state index in [-0.39, 0.29) is 24.3 Å². The second kappa shape index (κ2) is 12.6. The van der Waals surface area contributed by atoms with Gasteiger partial charge in [0.1, 0.15) is 5.92 Å². The zero-order valence-electron chi connectivity index (χ0n) is 21.1. The molecule has 244 valence electrons. The molecule has 0 saturated heterocycles. The highest BCUT2D eigenvalue weighted by molar-refractivity contribution is 5.50. The average molecular weight is 654 g/mol. The molecule has 0 aliphatic carbocycles. The van der Waals surface area contributed by atoms with Gasteiger partial charge < -0.3 is 21.7 Å². The highest BCUT2D eigenvalue weighted by Gasteiger charge is 2.73. The van der Waals surface area contributed by atoms with Gasteiger partial charge in [0.2, 0.25) is 0 Å². The van der Waals surface area contributed by atoms with E-state index in [1.807, 2.05) is 0 Å². The Labute approximate surface area is 232 Å². The molecule has 0 aliphatic heterocycles. The first-order valence-corrected chi connectivity index (χ1v) is 10.7. The van der Waals surface area contributed by atoms with E-state index < -0.39 is 93.8 Å². The van der Waals surface area contributed by atoms with Crippen LogP contribution < -0.4 is 11.5 Å². The number of hydrogen-bond donors (Lipinski definition) is 4. The van der Waals surface area contributed by atoms with Crippen molar-refractivity contribution in [3.05, 3.63) is 96.5 Å². The molecule has 19 heteroatoms. The Hall–Kier alpha value is -3.61. The molecule has 4 nitrogen and oxygen atoms in total. The Bertz CT molecular complexity index is 1110. The average Bonchev–Trinajstić information content (AvgIpc) is 2.82. The van der Waals surface area contributed by atoms with Crippen LogP contribution in [0.1, 0.15) is 0 Å². The lowest BCUT2D eigenvalue weighted by molar-refractivity contribution is -0.351. The second-order valence-electron chi connectivity index (χ2n) is 8.23. The van der Waals surface area contributed by atoms with Gasteiger partial charge in [-0.1, -0.05) is 38.5 Å². The number of halogens is 15. The lowest BCUT2D eigenvalue weighted by atomic mass is 9.81. The van der Waals surface area contributed by atoms with E-state index >= 15 is 0 Å². The van der Waals surface area contributed by atoms with Gasteiger partial charge >= 0.3 is 30.9 Å². The fourth-order valence-corrected chi connectivity index (χ4v) is 3.37. The SMILES string of the molecule is C=C/C(N)=C(\C=C(/C=C)C(/C(C=C)=C/C(=C(/N)C=C)C(O)(C(F)(F)F)C(F)(F)F)C(F)(F)F)C(O)(C(F)(F)F)C(F)(F)F. The van der Waals surface area contributed by atoms with Gasteiger partial charge in [-0.15, -0.1) is 0 Å². The summed E-state index contributed by atoms with van der Waals surface area (Å²) < 4.78 is 205. The molecule has 0 rings (SSSR count). The number of alkyl halides is 15. The predicted octanol–water partition coefficient (Wildman–Crippen LogP) is 6.90. The molecule has 6 N–H and O–H groups in total. The summed E-state index contributed by atoms with van der Waals surface area (Å²) in [5.41, 5.74) is -14.0. The molecule has 0 aromatic rings. The predicted molar refractivity (Wildman–Crippen MR) is 123 cm³/mol. The number of hydrogen-bond acceptors (Lipinski definition) is 4. The molecule has 0 unspecified atom stereocenters. The molecule has 0 saturated carbocycles. The summed E-state index contributed by atoms with van der Waals surface area (Å²) in [6, 6.07) is 0. The van der Waals surface area contributed by atoms with Gasteiger partial charge in [-0.3, -0.25) is 0 Å². The van der Waals surface area contributed by atoms with E-state index in [0.29, 0.717) is 0 Å². The monoisotopic (exact) mass is 654 g/mol. The molecule has 0 radical (unpaired) electrons. The lowest BCUT2D eigenvalue weighted by Crippen LogP contribution is -2.58. The molecule has 43 heavy (non-hydrogen) atoms. The first-order valence-electron chi connectivity index (χ1n) is 10.7. The van der Waals surface area contributed by atoms with Gasteiger partial charge in [0.05, 0.1) is 0 Å². The third kappa shape index (κ3) is 7.49. The molecular weight excluding hydrogens is 633 g/mol. The van der Waals surface area contributed by atoms with E-state index in [4.69, 9.17) is 11.5 Å². The van der Waals surface area contributed by atoms with Gasteiger partial charge in [-0.2, -0.15) is 65.9 Å². The van der Waals surface area contributed by atoms with Crippen molar-refractivity contribution in [1.29, 1.82) is 0 Å². The van der Waals surface area contributed by atoms with Gasteiger partial charge in [0, 0.05) is 22.5 Å². The zero-order valence-corrected chi connectivity index (χ0v) is 21.1. The van der Waals surface area contributed by atoms with E-state index in [9.17, 15) is 76.1 Å². The highest BCUT2D eigenvalue weighted by atomic mass is 19.4. The summed E-state index contributed by atoms with van der Waals surface area (Å²) in [5.74, 6) is -3.74. The Morgan fingerprint density at radius 1 is 0.488 bits per heavy atom. The van der Waals surface area contributed by atoms with Gasteiger partial charge in [0.25, 0.3) is 11.2 Å². The summed E-state index contributed by atoms with van der Waals surface area (Å²) >= 11 is 0.